The highest BCUT2D eigenvalue weighted by Gasteiger charge is 2.25. The van der Waals surface area contributed by atoms with Gasteiger partial charge in [-0.2, -0.15) is 0 Å². The molecular formula is C20H35N5O9. The molecule has 1 fully saturated rings. The van der Waals surface area contributed by atoms with Crippen LogP contribution >= 0.6 is 0 Å². The van der Waals surface area contributed by atoms with Crippen molar-refractivity contribution in [2.75, 3.05) is 65.6 Å². The number of aliphatic carboxylic acids is 4. The Balaban J connectivity index is 3.09. The van der Waals surface area contributed by atoms with Crippen LogP contribution in [-0.2, 0) is 24.0 Å². The highest BCUT2D eigenvalue weighted by molar-refractivity contribution is 5.74. The minimum absolute atomic E-state index is 0.0829. The van der Waals surface area contributed by atoms with Crippen LogP contribution in [0.15, 0.2) is 0 Å². The van der Waals surface area contributed by atoms with E-state index in [1.54, 1.807) is 14.7 Å². The van der Waals surface area contributed by atoms with Gasteiger partial charge >= 0.3 is 23.9 Å². The van der Waals surface area contributed by atoms with Crippen molar-refractivity contribution in [1.29, 1.82) is 0 Å². The zero-order valence-corrected chi connectivity index (χ0v) is 19.4. The van der Waals surface area contributed by atoms with Gasteiger partial charge in [0.1, 0.15) is 0 Å². The second-order valence-electron chi connectivity index (χ2n) is 8.16. The first-order valence-corrected chi connectivity index (χ1v) is 11.0. The van der Waals surface area contributed by atoms with Gasteiger partial charge in [-0.1, -0.05) is 0 Å². The molecule has 1 heterocycles. The number of carboxylic acid groups (broad SMARTS) is 4. The average Bonchev–Trinajstić information content (AvgIpc) is 2.70. The van der Waals surface area contributed by atoms with Crippen LogP contribution in [-0.4, -0.2) is 142 Å². The fourth-order valence-electron chi connectivity index (χ4n) is 3.73. The molecule has 1 amide bonds. The molecule has 14 nitrogen and oxygen atoms in total. The lowest BCUT2D eigenvalue weighted by Gasteiger charge is -2.36. The van der Waals surface area contributed by atoms with Crippen molar-refractivity contribution in [3.8, 4) is 0 Å². The summed E-state index contributed by atoms with van der Waals surface area (Å²) in [7, 11) is 0. The van der Waals surface area contributed by atoms with E-state index < -0.39 is 30.0 Å². The Bertz CT molecular complexity index is 689. The third-order valence-corrected chi connectivity index (χ3v) is 5.38. The van der Waals surface area contributed by atoms with E-state index in [1.165, 1.54) is 11.8 Å². The summed E-state index contributed by atoms with van der Waals surface area (Å²) >= 11 is 0. The van der Waals surface area contributed by atoms with Crippen molar-refractivity contribution in [3.63, 3.8) is 0 Å². The normalized spacial score (nSPS) is 19.5. The largest absolute Gasteiger partial charge is 0.481 e. The number of rotatable bonds is 11. The summed E-state index contributed by atoms with van der Waals surface area (Å²) in [5, 5.41) is 39.8. The molecule has 1 rings (SSSR count). The smallest absolute Gasteiger partial charge is 0.317 e. The summed E-state index contributed by atoms with van der Waals surface area (Å²) in [6.07, 6.45) is -0.158. The Kier molecular flexibility index (Phi) is 13.0. The zero-order valence-electron chi connectivity index (χ0n) is 19.4. The Morgan fingerprint density at radius 2 is 1.24 bits per heavy atom. The lowest BCUT2D eigenvalue weighted by molar-refractivity contribution is -0.141. The predicted molar refractivity (Wildman–Crippen MR) is 118 cm³/mol. The van der Waals surface area contributed by atoms with E-state index in [0.29, 0.717) is 6.42 Å². The Labute approximate surface area is 197 Å². The Hall–Kier alpha value is -2.81. The quantitative estimate of drug-likeness (QED) is 0.217. The van der Waals surface area contributed by atoms with Crippen molar-refractivity contribution in [2.24, 2.45) is 0 Å². The number of amides is 1. The molecule has 34 heavy (non-hydrogen) atoms. The first-order chi connectivity index (χ1) is 16.0. The maximum Gasteiger partial charge on any atom is 0.317 e. The predicted octanol–water partition coefficient (Wildman–Crippen LogP) is -1.86. The van der Waals surface area contributed by atoms with Gasteiger partial charge < -0.3 is 25.3 Å². The molecular weight excluding hydrogens is 454 g/mol. The molecule has 0 spiro atoms. The molecule has 1 unspecified atom stereocenters. The van der Waals surface area contributed by atoms with Crippen molar-refractivity contribution in [3.05, 3.63) is 0 Å². The molecule has 0 saturated carbocycles. The molecule has 14 heteroatoms. The monoisotopic (exact) mass is 489 g/mol. The third-order valence-electron chi connectivity index (χ3n) is 5.38. The van der Waals surface area contributed by atoms with Gasteiger partial charge in [-0.25, -0.2) is 0 Å². The summed E-state index contributed by atoms with van der Waals surface area (Å²) in [5.41, 5.74) is 0. The van der Waals surface area contributed by atoms with E-state index in [0.717, 1.165) is 0 Å². The third kappa shape index (κ3) is 12.4. The van der Waals surface area contributed by atoms with Gasteiger partial charge in [0, 0.05) is 52.6 Å². The maximum atomic E-state index is 12.3. The van der Waals surface area contributed by atoms with E-state index in [9.17, 15) is 39.3 Å². The molecule has 0 bridgehead atoms. The summed E-state index contributed by atoms with van der Waals surface area (Å²) < 4.78 is 0. The summed E-state index contributed by atoms with van der Waals surface area (Å²) in [4.78, 5) is 63.4. The molecule has 0 radical (unpaired) electrons. The minimum atomic E-state index is -1.06. The van der Waals surface area contributed by atoms with Gasteiger partial charge in [0.25, 0.3) is 0 Å². The number of hydrogen-bond donors (Lipinski definition) is 5. The van der Waals surface area contributed by atoms with Gasteiger partial charge in [0.15, 0.2) is 0 Å². The lowest BCUT2D eigenvalue weighted by Crippen LogP contribution is -2.55. The van der Waals surface area contributed by atoms with Crippen LogP contribution in [0, 0.1) is 0 Å². The van der Waals surface area contributed by atoms with E-state index >= 15 is 0 Å². The van der Waals surface area contributed by atoms with E-state index in [1.807, 2.05) is 0 Å². The summed E-state index contributed by atoms with van der Waals surface area (Å²) in [5.74, 6) is -4.43. The second kappa shape index (κ2) is 15.2. The second-order valence-corrected chi connectivity index (χ2v) is 8.16. The molecule has 1 atom stereocenters. The van der Waals surface area contributed by atoms with Crippen LogP contribution in [0.3, 0.4) is 0 Å². The van der Waals surface area contributed by atoms with E-state index in [2.05, 4.69) is 5.32 Å². The Morgan fingerprint density at radius 1 is 0.765 bits per heavy atom. The number of carboxylic acids is 4. The van der Waals surface area contributed by atoms with E-state index in [-0.39, 0.29) is 84.3 Å². The van der Waals surface area contributed by atoms with Crippen molar-refractivity contribution in [2.45, 2.75) is 32.4 Å². The SMILES string of the molecule is CC(=O)N(CCCC(=O)O)C1CCN(CC(=O)O)CCN(CC(=O)O)CCN(CC(=O)O)CN1. The highest BCUT2D eigenvalue weighted by Crippen LogP contribution is 2.09. The molecule has 0 aromatic carbocycles. The van der Waals surface area contributed by atoms with Crippen molar-refractivity contribution in [1.82, 2.24) is 24.9 Å². The van der Waals surface area contributed by atoms with Crippen LogP contribution in [0.5, 0.6) is 0 Å². The molecule has 0 aromatic rings. The molecule has 0 aromatic heterocycles. The van der Waals surface area contributed by atoms with E-state index in [4.69, 9.17) is 5.11 Å². The Morgan fingerprint density at radius 3 is 1.71 bits per heavy atom. The lowest BCUT2D eigenvalue weighted by atomic mass is 10.2. The number of nitrogens with one attached hydrogen (secondary N) is 1. The average molecular weight is 490 g/mol. The van der Waals surface area contributed by atoms with Crippen LogP contribution in [0.25, 0.3) is 0 Å². The number of nitrogens with zero attached hydrogens (tertiary/aromatic N) is 4. The minimum Gasteiger partial charge on any atom is -0.481 e. The molecule has 5 N–H and O–H groups in total. The topological polar surface area (TPSA) is 191 Å². The first-order valence-electron chi connectivity index (χ1n) is 11.0. The first kappa shape index (κ1) is 29.2. The van der Waals surface area contributed by atoms with Crippen molar-refractivity contribution < 1.29 is 44.4 Å². The zero-order chi connectivity index (χ0) is 25.7. The van der Waals surface area contributed by atoms with Gasteiger partial charge in [-0.3, -0.25) is 44.0 Å². The molecule has 1 aliphatic heterocycles. The molecule has 0 aliphatic carbocycles. The van der Waals surface area contributed by atoms with Crippen molar-refractivity contribution >= 4 is 29.8 Å². The van der Waals surface area contributed by atoms with Crippen LogP contribution in [0.2, 0.25) is 0 Å². The van der Waals surface area contributed by atoms with Gasteiger partial charge in [0.2, 0.25) is 5.91 Å². The van der Waals surface area contributed by atoms with Gasteiger partial charge in [0.05, 0.1) is 32.5 Å². The molecule has 194 valence electrons. The molecule has 1 saturated heterocycles. The fraction of sp³-hybridized carbons (Fsp3) is 0.750. The molecule has 1 aliphatic rings. The summed E-state index contributed by atoms with van der Waals surface area (Å²) in [6.45, 7) is 2.07. The summed E-state index contributed by atoms with van der Waals surface area (Å²) in [6, 6.07) is 0. The number of carbonyl (C=O) groups excluding carboxylic acids is 1. The van der Waals surface area contributed by atoms with Crippen LogP contribution in [0.4, 0.5) is 0 Å². The number of carbonyl (C=O) groups is 5. The van der Waals surface area contributed by atoms with Gasteiger partial charge in [-0.15, -0.1) is 0 Å². The standard InChI is InChI=1S/C20H35N5O9/c1-15(26)25(5-2-3-17(27)28)16-4-6-22(11-18(29)30)7-8-23(12-19(31)32)9-10-24(14-21-16)13-20(33)34/h16,21H,2-14H2,1H3,(H,27,28)(H,29,30)(H,31,32)(H,33,34). The van der Waals surface area contributed by atoms with Gasteiger partial charge in [-0.05, 0) is 12.8 Å². The number of hydrogen-bond acceptors (Lipinski definition) is 9. The maximum absolute atomic E-state index is 12.3. The highest BCUT2D eigenvalue weighted by atomic mass is 16.4. The fourth-order valence-corrected chi connectivity index (χ4v) is 3.73. The van der Waals surface area contributed by atoms with Crippen LogP contribution < -0.4 is 5.32 Å². The van der Waals surface area contributed by atoms with Crippen LogP contribution in [0.1, 0.15) is 26.2 Å².